The monoisotopic (exact) mass is 334 g/mol. The largest absolute Gasteiger partial charge is 0.469 e. The van der Waals surface area contributed by atoms with Crippen molar-refractivity contribution in [2.24, 2.45) is 0 Å². The van der Waals surface area contributed by atoms with Crippen LogP contribution in [0.2, 0.25) is 5.02 Å². The van der Waals surface area contributed by atoms with Gasteiger partial charge >= 0.3 is 5.97 Å². The number of nitrogens with one attached hydrogen (secondary N) is 1. The minimum atomic E-state index is -3.71. The molecule has 8 heteroatoms. The van der Waals surface area contributed by atoms with Crippen LogP contribution in [0.5, 0.6) is 0 Å². The Hall–Kier alpha value is -1.15. The molecule has 21 heavy (non-hydrogen) atoms. The van der Waals surface area contributed by atoms with Crippen LogP contribution in [0, 0.1) is 0 Å². The molecule has 1 atom stereocenters. The number of rotatable bonds is 7. The Kier molecular flexibility index (Phi) is 6.60. The molecule has 0 aromatic heterocycles. The Morgan fingerprint density at radius 1 is 1.43 bits per heavy atom. The first-order valence-corrected chi connectivity index (χ1v) is 8.14. The Labute approximate surface area is 130 Å². The van der Waals surface area contributed by atoms with Crippen molar-refractivity contribution in [1.82, 2.24) is 9.03 Å². The van der Waals surface area contributed by atoms with Crippen LogP contribution in [0.15, 0.2) is 24.3 Å². The fourth-order valence-corrected chi connectivity index (χ4v) is 3.06. The number of hydrogen-bond acceptors (Lipinski definition) is 4. The third-order valence-electron chi connectivity index (χ3n) is 2.97. The summed E-state index contributed by atoms with van der Waals surface area (Å²) in [6.45, 7) is 1.74. The second-order valence-corrected chi connectivity index (χ2v) is 6.73. The molecule has 118 valence electrons. The van der Waals surface area contributed by atoms with Crippen LogP contribution in [-0.2, 0) is 19.7 Å². The lowest BCUT2D eigenvalue weighted by molar-refractivity contribution is -0.140. The molecule has 0 bridgehead atoms. The fraction of sp³-hybridized carbons (Fsp3) is 0.462. The molecule has 0 aliphatic heterocycles. The van der Waals surface area contributed by atoms with Crippen molar-refractivity contribution in [3.63, 3.8) is 0 Å². The second kappa shape index (κ2) is 7.74. The van der Waals surface area contributed by atoms with E-state index in [0.717, 1.165) is 4.31 Å². The molecule has 0 amide bonds. The normalized spacial score (nSPS) is 13.2. The predicted molar refractivity (Wildman–Crippen MR) is 81.2 cm³/mol. The maximum absolute atomic E-state index is 12.1. The molecule has 0 fully saturated rings. The first-order valence-electron chi connectivity index (χ1n) is 6.32. The topological polar surface area (TPSA) is 75.7 Å². The minimum absolute atomic E-state index is 0.00557. The molecule has 0 heterocycles. The SMILES string of the molecule is COC(=O)CCN(C)S(=O)(=O)N[C@@H](C)c1ccccc1Cl. The van der Waals surface area contributed by atoms with Gasteiger partial charge in [-0.15, -0.1) is 0 Å². The highest BCUT2D eigenvalue weighted by Gasteiger charge is 2.22. The molecule has 1 rings (SSSR count). The Bertz CT molecular complexity index is 592. The summed E-state index contributed by atoms with van der Waals surface area (Å²) >= 11 is 6.04. The van der Waals surface area contributed by atoms with Gasteiger partial charge in [0.25, 0.3) is 10.2 Å². The standard InChI is InChI=1S/C13H19ClN2O4S/c1-10(11-6-4-5-7-12(11)14)15-21(18,19)16(2)9-8-13(17)20-3/h4-7,10,15H,8-9H2,1-3H3/t10-/m0/s1. The van der Waals surface area contributed by atoms with E-state index in [-0.39, 0.29) is 13.0 Å². The van der Waals surface area contributed by atoms with Gasteiger partial charge in [-0.2, -0.15) is 17.4 Å². The molecular weight excluding hydrogens is 316 g/mol. The van der Waals surface area contributed by atoms with Gasteiger partial charge in [0, 0.05) is 24.7 Å². The summed E-state index contributed by atoms with van der Waals surface area (Å²) in [6, 6.07) is 6.53. The van der Waals surface area contributed by atoms with E-state index in [1.165, 1.54) is 14.2 Å². The molecule has 1 N–H and O–H groups in total. The molecule has 0 spiro atoms. The Morgan fingerprint density at radius 3 is 2.62 bits per heavy atom. The molecule has 1 aromatic rings. The van der Waals surface area contributed by atoms with Gasteiger partial charge in [0.15, 0.2) is 0 Å². The first-order chi connectivity index (χ1) is 9.77. The average molecular weight is 335 g/mol. The fourth-order valence-electron chi connectivity index (χ4n) is 1.67. The molecule has 0 aliphatic rings. The number of hydrogen-bond donors (Lipinski definition) is 1. The zero-order chi connectivity index (χ0) is 16.0. The molecule has 0 saturated heterocycles. The van der Waals surface area contributed by atoms with E-state index in [2.05, 4.69) is 9.46 Å². The number of halogens is 1. The van der Waals surface area contributed by atoms with Gasteiger partial charge in [0.05, 0.1) is 13.5 Å². The zero-order valence-corrected chi connectivity index (χ0v) is 13.7. The van der Waals surface area contributed by atoms with E-state index in [4.69, 9.17) is 11.6 Å². The highest BCUT2D eigenvalue weighted by Crippen LogP contribution is 2.22. The van der Waals surface area contributed by atoms with Gasteiger partial charge in [0.1, 0.15) is 0 Å². The van der Waals surface area contributed by atoms with E-state index >= 15 is 0 Å². The van der Waals surface area contributed by atoms with Crippen molar-refractivity contribution >= 4 is 27.8 Å². The number of nitrogens with zero attached hydrogens (tertiary/aromatic N) is 1. The lowest BCUT2D eigenvalue weighted by atomic mass is 10.1. The summed E-state index contributed by atoms with van der Waals surface area (Å²) in [5.41, 5.74) is 0.684. The van der Waals surface area contributed by atoms with Gasteiger partial charge in [-0.05, 0) is 18.6 Å². The number of ether oxygens (including phenoxy) is 1. The van der Waals surface area contributed by atoms with Crippen LogP contribution in [0.3, 0.4) is 0 Å². The van der Waals surface area contributed by atoms with Crippen molar-refractivity contribution in [3.05, 3.63) is 34.9 Å². The van der Waals surface area contributed by atoms with Crippen molar-refractivity contribution in [1.29, 1.82) is 0 Å². The molecule has 1 aromatic carbocycles. The number of esters is 1. The predicted octanol–water partition coefficient (Wildman–Crippen LogP) is 1.73. The van der Waals surface area contributed by atoms with Crippen molar-refractivity contribution in [2.45, 2.75) is 19.4 Å². The number of carbonyl (C=O) groups excluding carboxylic acids is 1. The van der Waals surface area contributed by atoms with Crippen LogP contribution in [0.1, 0.15) is 24.9 Å². The second-order valence-electron chi connectivity index (χ2n) is 4.51. The summed E-state index contributed by atoms with van der Waals surface area (Å²) in [4.78, 5) is 11.0. The van der Waals surface area contributed by atoms with E-state index in [0.29, 0.717) is 10.6 Å². The van der Waals surface area contributed by atoms with Gasteiger partial charge in [-0.1, -0.05) is 29.8 Å². The Balaban J connectivity index is 2.71. The van der Waals surface area contributed by atoms with Gasteiger partial charge < -0.3 is 4.74 Å². The summed E-state index contributed by atoms with van der Waals surface area (Å²) in [7, 11) is -1.06. The summed E-state index contributed by atoms with van der Waals surface area (Å²) in [5, 5.41) is 0.491. The molecule has 0 saturated carbocycles. The van der Waals surface area contributed by atoms with E-state index in [1.807, 2.05) is 0 Å². The lowest BCUT2D eigenvalue weighted by Gasteiger charge is -2.21. The van der Waals surface area contributed by atoms with E-state index in [9.17, 15) is 13.2 Å². The quantitative estimate of drug-likeness (QED) is 0.770. The smallest absolute Gasteiger partial charge is 0.306 e. The van der Waals surface area contributed by atoms with Crippen molar-refractivity contribution in [2.75, 3.05) is 20.7 Å². The summed E-state index contributed by atoms with van der Waals surface area (Å²) in [5.74, 6) is -0.462. The zero-order valence-electron chi connectivity index (χ0n) is 12.2. The molecular formula is C13H19ClN2O4S. The van der Waals surface area contributed by atoms with E-state index in [1.54, 1.807) is 31.2 Å². The highest BCUT2D eigenvalue weighted by molar-refractivity contribution is 7.87. The van der Waals surface area contributed by atoms with E-state index < -0.39 is 22.2 Å². The molecule has 0 aliphatic carbocycles. The third-order valence-corrected chi connectivity index (χ3v) is 4.97. The molecule has 0 unspecified atom stereocenters. The summed E-state index contributed by atoms with van der Waals surface area (Å²) in [6.07, 6.45) is -0.00557. The van der Waals surface area contributed by atoms with Crippen LogP contribution >= 0.6 is 11.6 Å². The molecule has 6 nitrogen and oxygen atoms in total. The number of methoxy groups -OCH3 is 1. The lowest BCUT2D eigenvalue weighted by Crippen LogP contribution is -2.40. The van der Waals surface area contributed by atoms with Gasteiger partial charge in [-0.25, -0.2) is 0 Å². The van der Waals surface area contributed by atoms with Crippen molar-refractivity contribution in [3.8, 4) is 0 Å². The first kappa shape index (κ1) is 17.9. The van der Waals surface area contributed by atoms with Gasteiger partial charge in [0.2, 0.25) is 0 Å². The van der Waals surface area contributed by atoms with Crippen LogP contribution in [-0.4, -0.2) is 39.4 Å². The van der Waals surface area contributed by atoms with Crippen LogP contribution in [0.4, 0.5) is 0 Å². The number of carbonyl (C=O) groups is 1. The van der Waals surface area contributed by atoms with Gasteiger partial charge in [-0.3, -0.25) is 4.79 Å². The maximum Gasteiger partial charge on any atom is 0.306 e. The average Bonchev–Trinajstić information content (AvgIpc) is 2.44. The van der Waals surface area contributed by atoms with Crippen LogP contribution < -0.4 is 4.72 Å². The van der Waals surface area contributed by atoms with Crippen molar-refractivity contribution < 1.29 is 17.9 Å². The maximum atomic E-state index is 12.1. The molecule has 0 radical (unpaired) electrons. The summed E-state index contributed by atoms with van der Waals surface area (Å²) < 4.78 is 32.4. The van der Waals surface area contributed by atoms with Crippen LogP contribution in [0.25, 0.3) is 0 Å². The minimum Gasteiger partial charge on any atom is -0.469 e. The third kappa shape index (κ3) is 5.28. The highest BCUT2D eigenvalue weighted by atomic mass is 35.5. The Morgan fingerprint density at radius 2 is 2.05 bits per heavy atom. The number of benzene rings is 1.